The summed E-state index contributed by atoms with van der Waals surface area (Å²) < 4.78 is 27.1. The normalized spacial score (nSPS) is 14.1. The van der Waals surface area contributed by atoms with Gasteiger partial charge in [0, 0.05) is 17.0 Å². The van der Waals surface area contributed by atoms with Gasteiger partial charge in [0.1, 0.15) is 0 Å². The molecule has 0 aliphatic carbocycles. The lowest BCUT2D eigenvalue weighted by Gasteiger charge is -2.09. The van der Waals surface area contributed by atoms with Gasteiger partial charge in [-0.1, -0.05) is 36.0 Å². The molecule has 1 heterocycles. The van der Waals surface area contributed by atoms with Crippen LogP contribution in [0, 0.1) is 0 Å². The number of hydrogen-bond donors (Lipinski definition) is 2. The van der Waals surface area contributed by atoms with Crippen molar-refractivity contribution < 1.29 is 13.2 Å². The fraction of sp³-hybridized carbons (Fsp3) is 0.125. The molecule has 6 nitrogen and oxygen atoms in total. The van der Waals surface area contributed by atoms with Crippen molar-refractivity contribution in [2.45, 2.75) is 4.90 Å². The van der Waals surface area contributed by atoms with Gasteiger partial charge in [-0.3, -0.25) is 14.5 Å². The largest absolute Gasteiger partial charge is 0.301 e. The fourth-order valence-electron chi connectivity index (χ4n) is 2.12. The Labute approximate surface area is 144 Å². The van der Waals surface area contributed by atoms with E-state index in [-0.39, 0.29) is 10.8 Å². The van der Waals surface area contributed by atoms with Crippen LogP contribution in [0.3, 0.4) is 0 Å². The quantitative estimate of drug-likeness (QED) is 0.875. The number of amidine groups is 1. The molecule has 1 aliphatic heterocycles. The van der Waals surface area contributed by atoms with Gasteiger partial charge < -0.3 is 5.32 Å². The van der Waals surface area contributed by atoms with E-state index in [1.807, 2.05) is 0 Å². The number of nitrogens with zero attached hydrogens (tertiary/aromatic N) is 1. The number of amides is 1. The Morgan fingerprint density at radius 2 is 1.88 bits per heavy atom. The van der Waals surface area contributed by atoms with Crippen molar-refractivity contribution >= 4 is 38.5 Å². The van der Waals surface area contributed by atoms with Gasteiger partial charge in [0.2, 0.25) is 0 Å². The monoisotopic (exact) mass is 361 g/mol. The number of aliphatic imine (C=N–C) groups is 1. The summed E-state index contributed by atoms with van der Waals surface area (Å²) in [5.41, 5.74) is 0.686. The van der Waals surface area contributed by atoms with Crippen molar-refractivity contribution in [1.29, 1.82) is 0 Å². The second kappa shape index (κ2) is 7.06. The maximum Gasteiger partial charge on any atom is 0.261 e. The lowest BCUT2D eigenvalue weighted by molar-refractivity contribution is 0.0978. The minimum Gasteiger partial charge on any atom is -0.301 e. The van der Waals surface area contributed by atoms with Gasteiger partial charge in [0.15, 0.2) is 5.17 Å². The lowest BCUT2D eigenvalue weighted by Crippen LogP contribution is -2.27. The van der Waals surface area contributed by atoms with E-state index in [1.54, 1.807) is 36.4 Å². The van der Waals surface area contributed by atoms with Crippen LogP contribution in [0.4, 0.5) is 5.69 Å². The first-order valence-electron chi connectivity index (χ1n) is 7.21. The molecule has 2 aromatic rings. The van der Waals surface area contributed by atoms with E-state index in [4.69, 9.17) is 0 Å². The highest BCUT2D eigenvalue weighted by Crippen LogP contribution is 2.17. The van der Waals surface area contributed by atoms with Gasteiger partial charge in [-0.25, -0.2) is 8.42 Å². The molecule has 0 radical (unpaired) electrons. The van der Waals surface area contributed by atoms with E-state index in [2.05, 4.69) is 15.0 Å². The van der Waals surface area contributed by atoms with E-state index < -0.39 is 10.0 Å². The van der Waals surface area contributed by atoms with Crippen LogP contribution in [-0.2, 0) is 10.0 Å². The molecule has 0 fully saturated rings. The summed E-state index contributed by atoms with van der Waals surface area (Å²) in [6.45, 7) is 0.692. The maximum atomic E-state index is 12.3. The zero-order valence-corrected chi connectivity index (χ0v) is 14.2. The van der Waals surface area contributed by atoms with Gasteiger partial charge in [-0.05, 0) is 30.3 Å². The predicted molar refractivity (Wildman–Crippen MR) is 95.9 cm³/mol. The van der Waals surface area contributed by atoms with Gasteiger partial charge in [-0.15, -0.1) is 0 Å². The van der Waals surface area contributed by atoms with Crippen LogP contribution in [-0.4, -0.2) is 31.8 Å². The van der Waals surface area contributed by atoms with Crippen molar-refractivity contribution in [2.75, 3.05) is 17.0 Å². The van der Waals surface area contributed by atoms with Crippen LogP contribution in [0.2, 0.25) is 0 Å². The highest BCUT2D eigenvalue weighted by molar-refractivity contribution is 8.14. The second-order valence-electron chi connectivity index (χ2n) is 4.99. The van der Waals surface area contributed by atoms with E-state index in [9.17, 15) is 13.2 Å². The molecule has 0 spiro atoms. The van der Waals surface area contributed by atoms with Gasteiger partial charge in [-0.2, -0.15) is 0 Å². The molecule has 8 heteroatoms. The Kier molecular flexibility index (Phi) is 4.86. The molecular formula is C16H15N3O3S2. The third-order valence-electron chi connectivity index (χ3n) is 3.24. The van der Waals surface area contributed by atoms with Crippen LogP contribution in [0.15, 0.2) is 64.5 Å². The average Bonchev–Trinajstić information content (AvgIpc) is 3.08. The average molecular weight is 361 g/mol. The number of rotatable bonds is 4. The summed E-state index contributed by atoms with van der Waals surface area (Å²) >= 11 is 1.48. The van der Waals surface area contributed by atoms with Crippen molar-refractivity contribution in [2.24, 2.45) is 4.99 Å². The third-order valence-corrected chi connectivity index (χ3v) is 5.52. The van der Waals surface area contributed by atoms with Gasteiger partial charge in [0.05, 0.1) is 11.4 Å². The van der Waals surface area contributed by atoms with E-state index in [0.717, 1.165) is 5.75 Å². The number of carbonyl (C=O) groups is 1. The summed E-state index contributed by atoms with van der Waals surface area (Å²) in [6, 6.07) is 14.4. The summed E-state index contributed by atoms with van der Waals surface area (Å²) in [6.07, 6.45) is 0. The minimum atomic E-state index is -3.69. The molecular weight excluding hydrogens is 346 g/mol. The molecule has 0 unspecified atom stereocenters. The van der Waals surface area contributed by atoms with Crippen LogP contribution in [0.5, 0.6) is 0 Å². The maximum absolute atomic E-state index is 12.3. The smallest absolute Gasteiger partial charge is 0.261 e. The second-order valence-corrected chi connectivity index (χ2v) is 7.75. The van der Waals surface area contributed by atoms with Crippen LogP contribution in [0.1, 0.15) is 10.4 Å². The van der Waals surface area contributed by atoms with Crippen molar-refractivity contribution in [3.8, 4) is 0 Å². The molecule has 0 saturated heterocycles. The molecule has 2 aromatic carbocycles. The number of hydrogen-bond acceptors (Lipinski definition) is 5. The van der Waals surface area contributed by atoms with Crippen LogP contribution in [0.25, 0.3) is 0 Å². The first-order valence-corrected chi connectivity index (χ1v) is 9.68. The summed E-state index contributed by atoms with van der Waals surface area (Å²) in [5.74, 6) is 0.538. The first-order chi connectivity index (χ1) is 11.5. The number of nitrogens with one attached hydrogen (secondary N) is 2. The lowest BCUT2D eigenvalue weighted by atomic mass is 10.2. The van der Waals surface area contributed by atoms with Gasteiger partial charge >= 0.3 is 0 Å². The van der Waals surface area contributed by atoms with E-state index in [1.165, 1.54) is 30.0 Å². The Morgan fingerprint density at radius 1 is 1.08 bits per heavy atom. The zero-order chi connectivity index (χ0) is 17.0. The molecule has 1 amide bonds. The Morgan fingerprint density at radius 3 is 2.58 bits per heavy atom. The molecule has 0 saturated carbocycles. The number of benzene rings is 2. The summed E-state index contributed by atoms with van der Waals surface area (Å²) in [5, 5.41) is 3.31. The van der Waals surface area contributed by atoms with Crippen LogP contribution < -0.4 is 10.0 Å². The number of anilines is 1. The number of thioether (sulfide) groups is 1. The van der Waals surface area contributed by atoms with Crippen LogP contribution >= 0.6 is 11.8 Å². The van der Waals surface area contributed by atoms with Gasteiger partial charge in [0.25, 0.3) is 15.9 Å². The standard InChI is InChI=1S/C16H15N3O3S2/c20-15(18-16-17-9-10-23-16)12-5-4-6-13(11-12)19-24(21,22)14-7-2-1-3-8-14/h1-8,11,19H,9-10H2,(H,17,18,20). The first kappa shape index (κ1) is 16.5. The Hall–Kier alpha value is -2.32. The topological polar surface area (TPSA) is 87.6 Å². The van der Waals surface area contributed by atoms with E-state index in [0.29, 0.717) is 23.0 Å². The van der Waals surface area contributed by atoms with Crippen molar-refractivity contribution in [1.82, 2.24) is 5.32 Å². The summed E-state index contributed by atoms with van der Waals surface area (Å²) in [7, 11) is -3.69. The minimum absolute atomic E-state index is 0.163. The Balaban J connectivity index is 1.77. The SMILES string of the molecule is O=C(NC1=NCCS1)c1cccc(NS(=O)(=O)c2ccccc2)c1. The third kappa shape index (κ3) is 3.95. The zero-order valence-electron chi connectivity index (χ0n) is 12.6. The fourth-order valence-corrected chi connectivity index (χ4v) is 3.91. The molecule has 0 aromatic heterocycles. The molecule has 124 valence electrons. The highest BCUT2D eigenvalue weighted by Gasteiger charge is 2.16. The molecule has 3 rings (SSSR count). The highest BCUT2D eigenvalue weighted by atomic mass is 32.2. The molecule has 1 aliphatic rings. The Bertz CT molecular complexity index is 880. The van der Waals surface area contributed by atoms with Crippen molar-refractivity contribution in [3.05, 3.63) is 60.2 Å². The predicted octanol–water partition coefficient (Wildman–Crippen LogP) is 2.32. The summed E-state index contributed by atoms with van der Waals surface area (Å²) in [4.78, 5) is 16.5. The molecule has 24 heavy (non-hydrogen) atoms. The number of sulfonamides is 1. The molecule has 0 bridgehead atoms. The number of carbonyl (C=O) groups excluding carboxylic acids is 1. The van der Waals surface area contributed by atoms with Crippen molar-refractivity contribution in [3.63, 3.8) is 0 Å². The molecule has 0 atom stereocenters. The van der Waals surface area contributed by atoms with E-state index >= 15 is 0 Å². The molecule has 2 N–H and O–H groups in total.